The third kappa shape index (κ3) is 6.83. The van der Waals surface area contributed by atoms with Crippen LogP contribution in [0.5, 0.6) is 11.5 Å². The molecule has 0 saturated carbocycles. The van der Waals surface area contributed by atoms with E-state index >= 15 is 0 Å². The number of methoxy groups -OCH3 is 2. The Morgan fingerprint density at radius 3 is 2.36 bits per heavy atom. The summed E-state index contributed by atoms with van der Waals surface area (Å²) in [6.07, 6.45) is 0.0869. The predicted molar refractivity (Wildman–Crippen MR) is 134 cm³/mol. The zero-order valence-electron chi connectivity index (χ0n) is 18.2. The molecule has 0 heterocycles. The van der Waals surface area contributed by atoms with Crippen molar-refractivity contribution in [1.29, 1.82) is 0 Å². The third-order valence-electron chi connectivity index (χ3n) is 4.67. The Bertz CT molecular complexity index is 1220. The number of sulfone groups is 1. The fraction of sp³-hybridized carbons (Fsp3) is 0.167. The summed E-state index contributed by atoms with van der Waals surface area (Å²) in [5.41, 5.74) is 1.23. The molecule has 179 valence electrons. The van der Waals surface area contributed by atoms with Gasteiger partial charge in [0, 0.05) is 0 Å². The molecule has 1 N–H and O–H groups in total. The minimum atomic E-state index is -3.87. The standard InChI is InChI=1S/C23H20BrClNO4S.CH3.Co/c1-29-21-11-10-20(15-22(21)30-2)31(27,28)23(16-4-3-5-18(25)14-16)12-13-26-19-8-6-17(24)7-9-19;;/h3,5-11,14-15,23,26H,12H2,1-2H3;1H3;/q2*-1;. The van der Waals surface area contributed by atoms with Crippen molar-refractivity contribution in [2.45, 2.75) is 16.6 Å². The Kier molecular flexibility index (Phi) is 9.99. The summed E-state index contributed by atoms with van der Waals surface area (Å²) < 4.78 is 39.3. The van der Waals surface area contributed by atoms with E-state index in [1.807, 2.05) is 24.3 Å². The van der Waals surface area contributed by atoms with Crippen LogP contribution in [0.4, 0.5) is 5.69 Å². The van der Waals surface area contributed by atoms with Gasteiger partial charge in [-0.1, -0.05) is 0 Å². The quantitative estimate of drug-likeness (QED) is 0.305. The van der Waals surface area contributed by atoms with E-state index in [0.717, 1.165) is 10.2 Å². The number of anilines is 1. The van der Waals surface area contributed by atoms with Crippen LogP contribution in [-0.4, -0.2) is 27.2 Å². The smallest absolute Gasteiger partial charge is 0.358 e. The summed E-state index contributed by atoms with van der Waals surface area (Å²) in [6, 6.07) is 19.9. The van der Waals surface area contributed by atoms with Crippen LogP contribution in [0, 0.1) is 13.5 Å². The van der Waals surface area contributed by atoms with Gasteiger partial charge < -0.3 is 7.43 Å². The van der Waals surface area contributed by atoms with Crippen LogP contribution in [0.1, 0.15) is 17.2 Å². The van der Waals surface area contributed by atoms with Crippen LogP contribution in [0.25, 0.3) is 0 Å². The fourth-order valence-electron chi connectivity index (χ4n) is 3.08. The van der Waals surface area contributed by atoms with Gasteiger partial charge in [-0.25, -0.2) is 0 Å². The molecular weight excluding hydrogens is 573 g/mol. The van der Waals surface area contributed by atoms with E-state index in [-0.39, 0.29) is 18.7 Å². The van der Waals surface area contributed by atoms with Crippen LogP contribution in [0.3, 0.4) is 0 Å². The predicted octanol–water partition coefficient (Wildman–Crippen LogP) is 6.06. The molecule has 33 heavy (non-hydrogen) atoms. The maximum absolute atomic E-state index is 13.7. The number of rotatable bonds is 9. The van der Waals surface area contributed by atoms with Crippen molar-refractivity contribution in [2.75, 3.05) is 19.5 Å². The molecule has 0 fully saturated rings. The number of hydrogen-bond acceptors (Lipinski definition) is 5. The van der Waals surface area contributed by atoms with Gasteiger partial charge in [-0.15, -0.1) is 0 Å². The number of benzene rings is 3. The minimum Gasteiger partial charge on any atom is -0.358 e. The molecule has 5 nitrogen and oxygen atoms in total. The summed E-state index contributed by atoms with van der Waals surface area (Å²) in [5, 5.41) is 2.59. The van der Waals surface area contributed by atoms with Crippen molar-refractivity contribution >= 4 is 47.6 Å². The molecule has 0 aromatic heterocycles. The first-order valence-electron chi connectivity index (χ1n) is 9.39. The van der Waals surface area contributed by atoms with Crippen molar-refractivity contribution in [3.05, 3.63) is 89.2 Å². The van der Waals surface area contributed by atoms with Gasteiger partial charge in [0.25, 0.3) is 0 Å². The van der Waals surface area contributed by atoms with Crippen LogP contribution >= 0.6 is 27.5 Å². The van der Waals surface area contributed by atoms with E-state index in [0.29, 0.717) is 26.7 Å². The Hall–Kier alpha value is -1.84. The molecule has 9 heteroatoms. The molecule has 1 unspecified atom stereocenters. The van der Waals surface area contributed by atoms with Gasteiger partial charge in [-0.2, -0.15) is 0 Å². The first kappa shape index (κ1) is 27.4. The summed E-state index contributed by atoms with van der Waals surface area (Å²) >= 11 is 14.1. The van der Waals surface area contributed by atoms with E-state index in [4.69, 9.17) is 21.1 Å². The number of hydrogen-bond donors (Lipinski definition) is 1. The molecule has 0 saturated heterocycles. The number of halogens is 2. The normalized spacial score (nSPS) is 11.8. The Labute approximate surface area is 216 Å². The van der Waals surface area contributed by atoms with Gasteiger partial charge >= 0.3 is 210 Å². The first-order valence-corrected chi connectivity index (χ1v) is 12.6. The molecule has 3 aromatic rings. The first-order chi connectivity index (χ1) is 15.2. The van der Waals surface area contributed by atoms with Crippen LogP contribution in [0.2, 0.25) is 5.02 Å². The van der Waals surface area contributed by atoms with Crippen molar-refractivity contribution < 1.29 is 33.2 Å². The van der Waals surface area contributed by atoms with Gasteiger partial charge in [0.2, 0.25) is 0 Å². The molecule has 0 amide bonds. The van der Waals surface area contributed by atoms with Gasteiger partial charge in [-0.05, 0) is 0 Å². The van der Waals surface area contributed by atoms with Crippen LogP contribution in [-0.2, 0) is 25.1 Å². The maximum atomic E-state index is 13.7. The van der Waals surface area contributed by atoms with Crippen LogP contribution in [0.15, 0.2) is 70.0 Å². The molecule has 0 bridgehead atoms. The van der Waals surface area contributed by atoms with Crippen molar-refractivity contribution in [2.24, 2.45) is 0 Å². The van der Waals surface area contributed by atoms with Crippen molar-refractivity contribution in [3.8, 4) is 11.5 Å². The van der Waals surface area contributed by atoms with E-state index in [1.54, 1.807) is 24.3 Å². The number of ether oxygens (including phenoxy) is 2. The van der Waals surface area contributed by atoms with Gasteiger partial charge in [0.05, 0.1) is 0 Å². The summed E-state index contributed by atoms with van der Waals surface area (Å²) in [7, 11) is -0.918. The maximum Gasteiger partial charge on any atom is -0.358 e. The average molecular weight is 596 g/mol. The summed E-state index contributed by atoms with van der Waals surface area (Å²) in [6.45, 7) is 0. The molecule has 0 radical (unpaired) electrons. The van der Waals surface area contributed by atoms with E-state index < -0.39 is 15.1 Å². The topological polar surface area (TPSA) is 64.6 Å². The molecular formula is C24H23BrClCoNO4S-2. The fourth-order valence-corrected chi connectivity index (χ4v) is 5.72. The molecule has 3 rings (SSSR count). The Balaban J connectivity index is 0.00000385. The van der Waals surface area contributed by atoms with E-state index in [1.165, 1.54) is 26.4 Å². The van der Waals surface area contributed by atoms with Gasteiger partial charge in [0.1, 0.15) is 0 Å². The molecule has 0 spiro atoms. The summed E-state index contributed by atoms with van der Waals surface area (Å²) in [5.74, 6) is 0.764. The number of nitrogens with one attached hydrogen (secondary N) is 1. The SMILES string of the molecule is COc1ccc(S(=O)(=O)C(C[C](=[Co])Nc2ccc(Br)cc2)c2[c-]ccc(Cl)c2)cc1OC.[CH3-]. The van der Waals surface area contributed by atoms with E-state index in [2.05, 4.69) is 42.6 Å². The van der Waals surface area contributed by atoms with Crippen molar-refractivity contribution in [3.63, 3.8) is 0 Å². The second kappa shape index (κ2) is 12.0. The molecule has 3 aromatic carbocycles. The summed E-state index contributed by atoms with van der Waals surface area (Å²) in [4.78, 5) is 0.0949. The Morgan fingerprint density at radius 1 is 1.09 bits per heavy atom. The van der Waals surface area contributed by atoms with Crippen LogP contribution < -0.4 is 14.8 Å². The molecule has 0 aliphatic rings. The minimum absolute atomic E-state index is 0. The zero-order chi connectivity index (χ0) is 23.3. The van der Waals surface area contributed by atoms with Crippen molar-refractivity contribution in [1.82, 2.24) is 0 Å². The zero-order valence-corrected chi connectivity index (χ0v) is 22.4. The monoisotopic (exact) mass is 594 g/mol. The molecule has 0 aliphatic carbocycles. The second-order valence-electron chi connectivity index (χ2n) is 6.73. The third-order valence-corrected chi connectivity index (χ3v) is 7.85. The second-order valence-corrected chi connectivity index (χ2v) is 10.8. The Morgan fingerprint density at radius 2 is 1.76 bits per heavy atom. The van der Waals surface area contributed by atoms with E-state index in [9.17, 15) is 8.42 Å². The average Bonchev–Trinajstić information content (AvgIpc) is 2.78. The largest absolute Gasteiger partial charge is 0.358 e. The molecule has 0 aliphatic heterocycles. The van der Waals surface area contributed by atoms with Gasteiger partial charge in [0.15, 0.2) is 0 Å². The molecule has 1 atom stereocenters. The van der Waals surface area contributed by atoms with Gasteiger partial charge in [-0.3, -0.25) is 0 Å².